The molecule has 1 fully saturated rings. The van der Waals surface area contributed by atoms with Gasteiger partial charge < -0.3 is 24.4 Å². The number of rotatable bonds is 7. The highest BCUT2D eigenvalue weighted by atomic mass is 16.5. The zero-order valence-electron chi connectivity index (χ0n) is 20.2. The lowest BCUT2D eigenvalue weighted by Gasteiger charge is -2.28. The number of anilines is 1. The van der Waals surface area contributed by atoms with Gasteiger partial charge >= 0.3 is 0 Å². The van der Waals surface area contributed by atoms with Gasteiger partial charge in [-0.2, -0.15) is 0 Å². The Morgan fingerprint density at radius 2 is 2.00 bits per heavy atom. The number of ketones is 1. The van der Waals surface area contributed by atoms with Crippen LogP contribution in [0.1, 0.15) is 50.8 Å². The fourth-order valence-corrected chi connectivity index (χ4v) is 4.47. The lowest BCUT2D eigenvalue weighted by atomic mass is 9.94. The maximum Gasteiger partial charge on any atom is 0.295 e. The van der Waals surface area contributed by atoms with Crippen molar-refractivity contribution in [2.45, 2.75) is 45.8 Å². The fourth-order valence-electron chi connectivity index (χ4n) is 4.47. The van der Waals surface area contributed by atoms with E-state index >= 15 is 0 Å². The van der Waals surface area contributed by atoms with Gasteiger partial charge in [-0.1, -0.05) is 25.5 Å². The van der Waals surface area contributed by atoms with Crippen molar-refractivity contribution in [2.24, 2.45) is 0 Å². The Morgan fingerprint density at radius 1 is 1.21 bits per heavy atom. The second-order valence-electron chi connectivity index (χ2n) is 9.04. The first-order valence-corrected chi connectivity index (χ1v) is 11.8. The summed E-state index contributed by atoms with van der Waals surface area (Å²) >= 11 is 0. The van der Waals surface area contributed by atoms with Crippen LogP contribution in [0.5, 0.6) is 11.5 Å². The van der Waals surface area contributed by atoms with Crippen molar-refractivity contribution < 1.29 is 24.2 Å². The van der Waals surface area contributed by atoms with E-state index in [9.17, 15) is 14.7 Å². The number of aliphatic hydroxyl groups is 1. The Hall–Kier alpha value is -3.48. The molecule has 2 aliphatic heterocycles. The molecule has 1 saturated heterocycles. The first-order chi connectivity index (χ1) is 16.3. The van der Waals surface area contributed by atoms with Crippen LogP contribution in [0.2, 0.25) is 0 Å². The molecule has 4 rings (SSSR count). The average molecular weight is 465 g/mol. The molecular weight excluding hydrogens is 432 g/mol. The van der Waals surface area contributed by atoms with Crippen LogP contribution in [0.4, 0.5) is 5.69 Å². The van der Waals surface area contributed by atoms with Crippen molar-refractivity contribution in [2.75, 3.05) is 31.6 Å². The molecule has 0 spiro atoms. The number of hydrogen-bond donors (Lipinski definition) is 1. The van der Waals surface area contributed by atoms with Crippen LogP contribution >= 0.6 is 0 Å². The minimum absolute atomic E-state index is 0.0172. The molecule has 7 nitrogen and oxygen atoms in total. The van der Waals surface area contributed by atoms with Crippen LogP contribution in [0, 0.1) is 0 Å². The monoisotopic (exact) mass is 464 g/mol. The Balaban J connectivity index is 1.83. The SMILES string of the molecule is CCCCN1C(=O)C(=O)/C(=C(\O)c2ccc3c(c2)N(C)CCO3)C1c1cccc(OC(C)C)c1. The van der Waals surface area contributed by atoms with Gasteiger partial charge in [-0.15, -0.1) is 0 Å². The standard InChI is InChI=1S/C27H32N2O5/c1-5-6-12-29-24(18-8-7-9-20(15-18)34-17(2)3)23(26(31)27(29)32)25(30)19-10-11-22-21(16-19)28(4)13-14-33-22/h7-11,15-17,24,30H,5-6,12-14H2,1-4H3/b25-23-. The maximum absolute atomic E-state index is 13.2. The number of benzene rings is 2. The number of ether oxygens (including phenoxy) is 2. The van der Waals surface area contributed by atoms with E-state index in [1.165, 1.54) is 0 Å². The van der Waals surface area contributed by atoms with E-state index in [4.69, 9.17) is 9.47 Å². The minimum Gasteiger partial charge on any atom is -0.507 e. The molecular formula is C27H32N2O5. The quantitative estimate of drug-likeness (QED) is 0.369. The smallest absolute Gasteiger partial charge is 0.295 e. The molecule has 2 aliphatic rings. The average Bonchev–Trinajstić information content (AvgIpc) is 3.07. The van der Waals surface area contributed by atoms with Crippen LogP contribution in [-0.4, -0.2) is 54.5 Å². The highest BCUT2D eigenvalue weighted by molar-refractivity contribution is 6.46. The summed E-state index contributed by atoms with van der Waals surface area (Å²) in [4.78, 5) is 29.9. The number of nitrogens with zero attached hydrogens (tertiary/aromatic N) is 2. The molecule has 1 unspecified atom stereocenters. The van der Waals surface area contributed by atoms with Crippen molar-refractivity contribution in [3.63, 3.8) is 0 Å². The number of carbonyl (C=O) groups excluding carboxylic acids is 2. The summed E-state index contributed by atoms with van der Waals surface area (Å²) < 4.78 is 11.6. The largest absolute Gasteiger partial charge is 0.507 e. The van der Waals surface area contributed by atoms with Gasteiger partial charge in [0.2, 0.25) is 0 Å². The molecule has 1 atom stereocenters. The summed E-state index contributed by atoms with van der Waals surface area (Å²) in [6.07, 6.45) is 1.62. The van der Waals surface area contributed by atoms with Gasteiger partial charge in [0.25, 0.3) is 11.7 Å². The summed E-state index contributed by atoms with van der Waals surface area (Å²) in [5.74, 6) is -0.0612. The third-order valence-corrected chi connectivity index (χ3v) is 6.17. The first-order valence-electron chi connectivity index (χ1n) is 11.8. The number of amides is 1. The molecule has 0 saturated carbocycles. The lowest BCUT2D eigenvalue weighted by Crippen LogP contribution is -2.30. The van der Waals surface area contributed by atoms with Gasteiger partial charge in [-0.25, -0.2) is 0 Å². The van der Waals surface area contributed by atoms with Gasteiger partial charge in [0.1, 0.15) is 23.9 Å². The van der Waals surface area contributed by atoms with Crippen molar-refractivity contribution in [3.05, 3.63) is 59.2 Å². The van der Waals surface area contributed by atoms with Crippen LogP contribution in [0.25, 0.3) is 5.76 Å². The molecule has 0 aromatic heterocycles. The Bertz CT molecular complexity index is 1120. The Morgan fingerprint density at radius 3 is 2.74 bits per heavy atom. The molecule has 0 aliphatic carbocycles. The summed E-state index contributed by atoms with van der Waals surface area (Å²) in [5, 5.41) is 11.4. The Labute approximate surface area is 200 Å². The third-order valence-electron chi connectivity index (χ3n) is 6.17. The number of Topliss-reactive ketones (excluding diaryl/α,β-unsaturated/α-hetero) is 1. The van der Waals surface area contributed by atoms with Crippen LogP contribution < -0.4 is 14.4 Å². The predicted octanol–water partition coefficient (Wildman–Crippen LogP) is 4.52. The normalized spacial score (nSPS) is 19.4. The van der Waals surface area contributed by atoms with Crippen LogP contribution in [0.15, 0.2) is 48.0 Å². The maximum atomic E-state index is 13.2. The molecule has 1 amide bonds. The number of unbranched alkanes of at least 4 members (excludes halogenated alkanes) is 1. The van der Waals surface area contributed by atoms with Crippen molar-refractivity contribution >= 4 is 23.1 Å². The first kappa shape index (κ1) is 23.7. The van der Waals surface area contributed by atoms with E-state index in [1.807, 2.05) is 57.0 Å². The summed E-state index contributed by atoms with van der Waals surface area (Å²) in [5.41, 5.74) is 2.14. The number of aliphatic hydroxyl groups excluding tert-OH is 1. The third kappa shape index (κ3) is 4.47. The molecule has 7 heteroatoms. The van der Waals surface area contributed by atoms with Crippen LogP contribution in [-0.2, 0) is 9.59 Å². The second kappa shape index (κ2) is 9.79. The van der Waals surface area contributed by atoms with Gasteiger partial charge in [0.15, 0.2) is 0 Å². The highest BCUT2D eigenvalue weighted by Gasteiger charge is 2.46. The van der Waals surface area contributed by atoms with Crippen LogP contribution in [0.3, 0.4) is 0 Å². The van der Waals surface area contributed by atoms with Gasteiger partial charge in [-0.3, -0.25) is 9.59 Å². The van der Waals surface area contributed by atoms with Crippen molar-refractivity contribution in [1.29, 1.82) is 0 Å². The predicted molar refractivity (Wildman–Crippen MR) is 131 cm³/mol. The summed E-state index contributed by atoms with van der Waals surface area (Å²) in [6, 6.07) is 12.0. The van der Waals surface area contributed by atoms with E-state index in [0.717, 1.165) is 36.4 Å². The molecule has 34 heavy (non-hydrogen) atoms. The van der Waals surface area contributed by atoms with Gasteiger partial charge in [0, 0.05) is 19.2 Å². The van der Waals surface area contributed by atoms with Crippen molar-refractivity contribution in [3.8, 4) is 11.5 Å². The van der Waals surface area contributed by atoms with E-state index in [2.05, 4.69) is 0 Å². The molecule has 0 bridgehead atoms. The second-order valence-corrected chi connectivity index (χ2v) is 9.04. The summed E-state index contributed by atoms with van der Waals surface area (Å²) in [6.45, 7) is 7.66. The number of fused-ring (bicyclic) bond motifs is 1. The van der Waals surface area contributed by atoms with Crippen molar-refractivity contribution in [1.82, 2.24) is 4.90 Å². The van der Waals surface area contributed by atoms with Gasteiger partial charge in [-0.05, 0) is 56.2 Å². The minimum atomic E-state index is -0.688. The molecule has 2 heterocycles. The Kier molecular flexibility index (Phi) is 6.82. The highest BCUT2D eigenvalue weighted by Crippen LogP contribution is 2.42. The van der Waals surface area contributed by atoms with E-state index in [-0.39, 0.29) is 17.4 Å². The zero-order chi connectivity index (χ0) is 24.4. The number of carbonyl (C=O) groups is 2. The molecule has 180 valence electrons. The number of likely N-dealkylation sites (N-methyl/N-ethyl adjacent to an activating group) is 1. The molecule has 0 radical (unpaired) electrons. The van der Waals surface area contributed by atoms with E-state index < -0.39 is 17.7 Å². The number of hydrogen-bond acceptors (Lipinski definition) is 6. The zero-order valence-corrected chi connectivity index (χ0v) is 20.2. The molecule has 2 aromatic rings. The fraction of sp³-hybridized carbons (Fsp3) is 0.407. The molecule has 1 N–H and O–H groups in total. The van der Waals surface area contributed by atoms with E-state index in [0.29, 0.717) is 24.5 Å². The summed E-state index contributed by atoms with van der Waals surface area (Å²) in [7, 11) is 1.95. The molecule has 2 aromatic carbocycles. The number of likely N-dealkylation sites (tertiary alicyclic amines) is 1. The van der Waals surface area contributed by atoms with Gasteiger partial charge in [0.05, 0.1) is 30.0 Å². The van der Waals surface area contributed by atoms with E-state index in [1.54, 1.807) is 23.1 Å². The lowest BCUT2D eigenvalue weighted by molar-refractivity contribution is -0.139. The topological polar surface area (TPSA) is 79.3 Å².